The summed E-state index contributed by atoms with van der Waals surface area (Å²) >= 11 is 0. The minimum atomic E-state index is -0.867. The fourth-order valence-electron chi connectivity index (χ4n) is 4.02. The second kappa shape index (κ2) is 7.35. The first-order valence-corrected chi connectivity index (χ1v) is 9.39. The normalized spacial score (nSPS) is 20.2. The second-order valence-electron chi connectivity index (χ2n) is 7.78. The minimum Gasteiger partial charge on any atom is -0.481 e. The van der Waals surface area contributed by atoms with Gasteiger partial charge in [0.25, 0.3) is 5.91 Å². The lowest BCUT2D eigenvalue weighted by Gasteiger charge is -2.37. The van der Waals surface area contributed by atoms with Crippen LogP contribution in [0.25, 0.3) is 10.9 Å². The maximum atomic E-state index is 13.0. The maximum Gasteiger partial charge on any atom is 0.311 e. The van der Waals surface area contributed by atoms with E-state index in [1.54, 1.807) is 18.9 Å². The monoisotopic (exact) mass is 372 g/mol. The number of aromatic nitrogens is 1. The molecule has 2 heterocycles. The Hall–Kier alpha value is -2.34. The molecule has 1 aromatic carbocycles. The van der Waals surface area contributed by atoms with Gasteiger partial charge in [-0.3, -0.25) is 9.59 Å². The summed E-state index contributed by atoms with van der Waals surface area (Å²) in [5.74, 6) is -0.928. The summed E-state index contributed by atoms with van der Waals surface area (Å²) in [4.78, 5) is 26.3. The van der Waals surface area contributed by atoms with Crippen LogP contribution in [0.5, 0.6) is 0 Å². The van der Waals surface area contributed by atoms with Crippen molar-refractivity contribution < 1.29 is 19.4 Å². The molecule has 1 N–H and O–H groups in total. The van der Waals surface area contributed by atoms with E-state index in [4.69, 9.17) is 4.74 Å². The summed E-state index contributed by atoms with van der Waals surface area (Å²) in [7, 11) is 1.69. The molecule has 0 saturated carbocycles. The molecular formula is C21H28N2O4. The highest BCUT2D eigenvalue weighted by molar-refractivity contribution is 5.99. The zero-order valence-electron chi connectivity index (χ0n) is 16.5. The van der Waals surface area contributed by atoms with Crippen LogP contribution in [-0.4, -0.2) is 53.3 Å². The van der Waals surface area contributed by atoms with E-state index in [1.165, 1.54) is 5.69 Å². The molecule has 1 aliphatic heterocycles. The maximum absolute atomic E-state index is 13.0. The molecular weight excluding hydrogens is 344 g/mol. The molecule has 6 nitrogen and oxygen atoms in total. The molecule has 2 aromatic rings. The number of carbonyl (C=O) groups excluding carboxylic acids is 1. The van der Waals surface area contributed by atoms with Crippen molar-refractivity contribution in [3.05, 3.63) is 35.0 Å². The Morgan fingerprint density at radius 1 is 1.30 bits per heavy atom. The van der Waals surface area contributed by atoms with Crippen LogP contribution < -0.4 is 0 Å². The van der Waals surface area contributed by atoms with Gasteiger partial charge < -0.3 is 19.3 Å². The van der Waals surface area contributed by atoms with E-state index in [9.17, 15) is 14.7 Å². The van der Waals surface area contributed by atoms with Gasteiger partial charge in [-0.25, -0.2) is 0 Å². The number of nitrogens with zero attached hydrogens (tertiary/aromatic N) is 2. The second-order valence-corrected chi connectivity index (χ2v) is 7.78. The molecule has 1 unspecified atom stereocenters. The number of likely N-dealkylation sites (tertiary alicyclic amines) is 1. The lowest BCUT2D eigenvalue weighted by molar-refractivity contribution is -0.150. The van der Waals surface area contributed by atoms with Gasteiger partial charge in [0.1, 0.15) is 0 Å². The summed E-state index contributed by atoms with van der Waals surface area (Å²) in [6, 6.07) is 5.77. The average molecular weight is 372 g/mol. The number of fused-ring (bicyclic) bond motifs is 1. The van der Waals surface area contributed by atoms with E-state index in [1.807, 2.05) is 18.2 Å². The van der Waals surface area contributed by atoms with E-state index in [2.05, 4.69) is 18.4 Å². The third kappa shape index (κ3) is 3.46. The van der Waals surface area contributed by atoms with Gasteiger partial charge in [-0.15, -0.1) is 0 Å². The van der Waals surface area contributed by atoms with Crippen LogP contribution >= 0.6 is 0 Å². The molecule has 1 fully saturated rings. The third-order valence-electron chi connectivity index (χ3n) is 5.90. The van der Waals surface area contributed by atoms with Crippen LogP contribution in [-0.2, 0) is 16.1 Å². The van der Waals surface area contributed by atoms with Gasteiger partial charge >= 0.3 is 5.97 Å². The van der Waals surface area contributed by atoms with Crippen molar-refractivity contribution in [1.29, 1.82) is 0 Å². The summed E-state index contributed by atoms with van der Waals surface area (Å²) < 4.78 is 7.42. The summed E-state index contributed by atoms with van der Waals surface area (Å²) in [5, 5.41) is 10.6. The van der Waals surface area contributed by atoms with E-state index in [0.717, 1.165) is 23.0 Å². The number of rotatable bonds is 5. The Balaban J connectivity index is 1.92. The number of carbonyl (C=O) groups is 2. The first kappa shape index (κ1) is 19.4. The topological polar surface area (TPSA) is 71.8 Å². The molecule has 1 atom stereocenters. The highest BCUT2D eigenvalue weighted by atomic mass is 16.5. The van der Waals surface area contributed by atoms with Gasteiger partial charge in [0.05, 0.1) is 12.0 Å². The number of hydrogen-bond acceptors (Lipinski definition) is 3. The zero-order chi connectivity index (χ0) is 19.8. The molecule has 0 spiro atoms. The van der Waals surface area contributed by atoms with Crippen LogP contribution in [0.2, 0.25) is 0 Å². The van der Waals surface area contributed by atoms with Crippen molar-refractivity contribution in [2.75, 3.05) is 26.8 Å². The molecule has 1 saturated heterocycles. The number of piperidine rings is 1. The summed E-state index contributed by atoms with van der Waals surface area (Å²) in [6.07, 6.45) is 1.31. The molecule has 0 bridgehead atoms. The van der Waals surface area contributed by atoms with Crippen LogP contribution in [0.15, 0.2) is 18.2 Å². The predicted molar refractivity (Wildman–Crippen MR) is 104 cm³/mol. The predicted octanol–water partition coefficient (Wildman–Crippen LogP) is 3.23. The summed E-state index contributed by atoms with van der Waals surface area (Å²) in [5.41, 5.74) is 3.16. The Morgan fingerprint density at radius 2 is 2.04 bits per heavy atom. The number of hydrogen-bond donors (Lipinski definition) is 1. The highest BCUT2D eigenvalue weighted by Crippen LogP contribution is 2.31. The first-order chi connectivity index (χ1) is 12.8. The number of aryl methyl sites for hydroxylation is 1. The number of ether oxygens (including phenoxy) is 1. The standard InChI is InChI=1S/C21H28N2O4/c1-14-15(2)23(10-11-27-4)18-7-6-16(12-17(14)18)19(24)22-9-5-8-21(3,13-22)20(25)26/h6-7,12H,5,8-11,13H2,1-4H3,(H,25,26). The summed E-state index contributed by atoms with van der Waals surface area (Å²) in [6.45, 7) is 8.13. The molecule has 1 aliphatic rings. The third-order valence-corrected chi connectivity index (χ3v) is 5.90. The van der Waals surface area contributed by atoms with Gasteiger partial charge in [0.15, 0.2) is 0 Å². The van der Waals surface area contributed by atoms with Crippen molar-refractivity contribution >= 4 is 22.8 Å². The number of benzene rings is 1. The zero-order valence-corrected chi connectivity index (χ0v) is 16.5. The van der Waals surface area contributed by atoms with E-state index in [-0.39, 0.29) is 12.5 Å². The molecule has 0 radical (unpaired) electrons. The molecule has 1 aromatic heterocycles. The number of carboxylic acids is 1. The molecule has 3 rings (SSSR count). The number of carboxylic acid groups (broad SMARTS) is 1. The molecule has 27 heavy (non-hydrogen) atoms. The Labute approximate surface area is 159 Å². The average Bonchev–Trinajstić information content (AvgIpc) is 2.89. The molecule has 146 valence electrons. The van der Waals surface area contributed by atoms with Crippen molar-refractivity contribution in [1.82, 2.24) is 9.47 Å². The van der Waals surface area contributed by atoms with Gasteiger partial charge in [-0.05, 0) is 57.4 Å². The van der Waals surface area contributed by atoms with Crippen molar-refractivity contribution in [3.63, 3.8) is 0 Å². The van der Waals surface area contributed by atoms with E-state index < -0.39 is 11.4 Å². The van der Waals surface area contributed by atoms with E-state index >= 15 is 0 Å². The molecule has 6 heteroatoms. The Morgan fingerprint density at radius 3 is 2.70 bits per heavy atom. The number of aliphatic carboxylic acids is 1. The van der Waals surface area contributed by atoms with Gasteiger partial charge in [0.2, 0.25) is 0 Å². The number of amides is 1. The minimum absolute atomic E-state index is 0.0919. The first-order valence-electron chi connectivity index (χ1n) is 9.39. The Bertz CT molecular complexity index is 886. The Kier molecular flexibility index (Phi) is 5.29. The van der Waals surface area contributed by atoms with Crippen molar-refractivity contribution in [3.8, 4) is 0 Å². The molecule has 1 amide bonds. The fourth-order valence-corrected chi connectivity index (χ4v) is 4.02. The van der Waals surface area contributed by atoms with Crippen molar-refractivity contribution in [2.45, 2.75) is 40.2 Å². The number of methoxy groups -OCH3 is 1. The van der Waals surface area contributed by atoms with Gasteiger partial charge in [-0.2, -0.15) is 0 Å². The van der Waals surface area contributed by atoms with Crippen molar-refractivity contribution in [2.24, 2.45) is 5.41 Å². The van der Waals surface area contributed by atoms with Gasteiger partial charge in [0, 0.05) is 48.9 Å². The van der Waals surface area contributed by atoms with Crippen LogP contribution in [0, 0.1) is 19.3 Å². The molecule has 0 aliphatic carbocycles. The lowest BCUT2D eigenvalue weighted by atomic mass is 9.82. The lowest BCUT2D eigenvalue weighted by Crippen LogP contribution is -2.48. The quantitative estimate of drug-likeness (QED) is 0.875. The fraction of sp³-hybridized carbons (Fsp3) is 0.524. The van der Waals surface area contributed by atoms with Gasteiger partial charge in [-0.1, -0.05) is 0 Å². The smallest absolute Gasteiger partial charge is 0.311 e. The van der Waals surface area contributed by atoms with Crippen LogP contribution in [0.3, 0.4) is 0 Å². The van der Waals surface area contributed by atoms with Crippen LogP contribution in [0.1, 0.15) is 41.4 Å². The highest BCUT2D eigenvalue weighted by Gasteiger charge is 2.39. The SMILES string of the molecule is COCCn1c(C)c(C)c2cc(C(=O)N3CCCC(C)(C(=O)O)C3)ccc21. The largest absolute Gasteiger partial charge is 0.481 e. The van der Waals surface area contributed by atoms with Crippen LogP contribution in [0.4, 0.5) is 0 Å². The van der Waals surface area contributed by atoms with E-state index in [0.29, 0.717) is 31.6 Å².